The molecule has 1 atom stereocenters. The van der Waals surface area contributed by atoms with E-state index in [4.69, 9.17) is 16.3 Å². The van der Waals surface area contributed by atoms with E-state index in [1.807, 2.05) is 36.4 Å². The summed E-state index contributed by atoms with van der Waals surface area (Å²) in [4.78, 5) is 8.94. The third kappa shape index (κ3) is 3.11. The Morgan fingerprint density at radius 1 is 1.21 bits per heavy atom. The van der Waals surface area contributed by atoms with Crippen molar-refractivity contribution in [1.82, 2.24) is 9.97 Å². The molecular formula is C15H15ClN2O. The van der Waals surface area contributed by atoms with E-state index in [-0.39, 0.29) is 0 Å². The molecule has 0 bridgehead atoms. The van der Waals surface area contributed by atoms with Crippen molar-refractivity contribution in [2.24, 2.45) is 5.92 Å². The van der Waals surface area contributed by atoms with Crippen LogP contribution in [-0.4, -0.2) is 23.2 Å². The van der Waals surface area contributed by atoms with E-state index in [9.17, 15) is 0 Å². The first kappa shape index (κ1) is 12.6. The van der Waals surface area contributed by atoms with Gasteiger partial charge in [-0.15, -0.1) is 0 Å². The molecule has 3 rings (SSSR count). The number of rotatable bonds is 3. The lowest BCUT2D eigenvalue weighted by Gasteiger charge is -2.08. The Bertz CT molecular complexity index is 553. The zero-order valence-electron chi connectivity index (χ0n) is 10.6. The van der Waals surface area contributed by atoms with Crippen LogP contribution in [0.15, 0.2) is 36.4 Å². The van der Waals surface area contributed by atoms with Gasteiger partial charge in [0.1, 0.15) is 11.0 Å². The van der Waals surface area contributed by atoms with Crippen LogP contribution in [0, 0.1) is 5.92 Å². The van der Waals surface area contributed by atoms with Gasteiger partial charge < -0.3 is 4.74 Å². The Labute approximate surface area is 117 Å². The van der Waals surface area contributed by atoms with Crippen LogP contribution in [0.3, 0.4) is 0 Å². The lowest BCUT2D eigenvalue weighted by molar-refractivity contribution is 0.185. The molecule has 98 valence electrons. The molecule has 3 nitrogen and oxygen atoms in total. The van der Waals surface area contributed by atoms with Gasteiger partial charge in [0, 0.05) is 31.3 Å². The highest BCUT2D eigenvalue weighted by atomic mass is 35.5. The molecule has 1 aromatic carbocycles. The third-order valence-corrected chi connectivity index (χ3v) is 3.50. The normalized spacial score (nSPS) is 18.7. The maximum Gasteiger partial charge on any atom is 0.133 e. The SMILES string of the molecule is Clc1cc(-c2ccccc2)nc(CC2CCOC2)n1. The second-order valence-electron chi connectivity index (χ2n) is 4.79. The maximum atomic E-state index is 6.10. The first-order valence-corrected chi connectivity index (χ1v) is 6.86. The first-order chi connectivity index (χ1) is 9.31. The molecule has 0 aliphatic carbocycles. The average Bonchev–Trinajstić information content (AvgIpc) is 2.92. The molecule has 0 N–H and O–H groups in total. The molecule has 2 aromatic rings. The van der Waals surface area contributed by atoms with Crippen molar-refractivity contribution in [2.45, 2.75) is 12.8 Å². The van der Waals surface area contributed by atoms with Crippen molar-refractivity contribution in [2.75, 3.05) is 13.2 Å². The Hall–Kier alpha value is -1.45. The highest BCUT2D eigenvalue weighted by Gasteiger charge is 2.18. The minimum atomic E-state index is 0.503. The van der Waals surface area contributed by atoms with Gasteiger partial charge in [-0.3, -0.25) is 0 Å². The van der Waals surface area contributed by atoms with Crippen molar-refractivity contribution >= 4 is 11.6 Å². The molecule has 2 heterocycles. The second kappa shape index (κ2) is 5.68. The lowest BCUT2D eigenvalue weighted by atomic mass is 10.0. The molecule has 0 radical (unpaired) electrons. The van der Waals surface area contributed by atoms with E-state index in [2.05, 4.69) is 9.97 Å². The molecule has 1 aromatic heterocycles. The van der Waals surface area contributed by atoms with E-state index in [1.54, 1.807) is 0 Å². The zero-order chi connectivity index (χ0) is 13.1. The van der Waals surface area contributed by atoms with Crippen molar-refractivity contribution in [1.29, 1.82) is 0 Å². The van der Waals surface area contributed by atoms with Gasteiger partial charge in [-0.1, -0.05) is 41.9 Å². The van der Waals surface area contributed by atoms with E-state index in [0.29, 0.717) is 11.1 Å². The van der Waals surface area contributed by atoms with Gasteiger partial charge in [-0.25, -0.2) is 9.97 Å². The van der Waals surface area contributed by atoms with Crippen LogP contribution >= 0.6 is 11.6 Å². The Kier molecular flexibility index (Phi) is 3.76. The number of benzene rings is 1. The monoisotopic (exact) mass is 274 g/mol. The molecule has 1 unspecified atom stereocenters. The summed E-state index contributed by atoms with van der Waals surface area (Å²) in [6.45, 7) is 1.65. The highest BCUT2D eigenvalue weighted by molar-refractivity contribution is 6.29. The number of aromatic nitrogens is 2. The fourth-order valence-electron chi connectivity index (χ4n) is 2.32. The largest absolute Gasteiger partial charge is 0.381 e. The predicted molar refractivity (Wildman–Crippen MR) is 75.1 cm³/mol. The summed E-state index contributed by atoms with van der Waals surface area (Å²) in [5, 5.41) is 0.503. The summed E-state index contributed by atoms with van der Waals surface area (Å²) in [5.41, 5.74) is 1.95. The summed E-state index contributed by atoms with van der Waals surface area (Å²) in [6.07, 6.45) is 1.91. The number of nitrogens with zero attached hydrogens (tertiary/aromatic N) is 2. The van der Waals surface area contributed by atoms with Gasteiger partial charge in [0.05, 0.1) is 5.69 Å². The standard InChI is InChI=1S/C15H15ClN2O/c16-14-9-13(12-4-2-1-3-5-12)17-15(18-14)8-11-6-7-19-10-11/h1-5,9,11H,6-8,10H2. The van der Waals surface area contributed by atoms with E-state index < -0.39 is 0 Å². The van der Waals surface area contributed by atoms with Crippen molar-refractivity contribution in [3.05, 3.63) is 47.4 Å². The molecule has 1 aliphatic rings. The smallest absolute Gasteiger partial charge is 0.133 e. The summed E-state index contributed by atoms with van der Waals surface area (Å²) in [5.74, 6) is 1.32. The van der Waals surface area contributed by atoms with Crippen LogP contribution < -0.4 is 0 Å². The number of ether oxygens (including phenoxy) is 1. The molecule has 19 heavy (non-hydrogen) atoms. The topological polar surface area (TPSA) is 35.0 Å². The fourth-order valence-corrected chi connectivity index (χ4v) is 2.52. The van der Waals surface area contributed by atoms with Crippen molar-refractivity contribution < 1.29 is 4.74 Å². The Balaban J connectivity index is 1.87. The fraction of sp³-hybridized carbons (Fsp3) is 0.333. The molecule has 0 saturated carbocycles. The van der Waals surface area contributed by atoms with Crippen LogP contribution in [0.4, 0.5) is 0 Å². The number of hydrogen-bond donors (Lipinski definition) is 0. The van der Waals surface area contributed by atoms with Gasteiger partial charge >= 0.3 is 0 Å². The van der Waals surface area contributed by atoms with E-state index in [1.165, 1.54) is 0 Å². The van der Waals surface area contributed by atoms with E-state index in [0.717, 1.165) is 43.1 Å². The predicted octanol–water partition coefficient (Wildman–Crippen LogP) is 3.38. The van der Waals surface area contributed by atoms with Crippen LogP contribution in [0.25, 0.3) is 11.3 Å². The summed E-state index contributed by atoms with van der Waals surface area (Å²) in [6, 6.07) is 11.8. The van der Waals surface area contributed by atoms with Gasteiger partial charge in [0.15, 0.2) is 0 Å². The van der Waals surface area contributed by atoms with Gasteiger partial charge in [-0.05, 0) is 12.3 Å². The van der Waals surface area contributed by atoms with Crippen molar-refractivity contribution in [3.63, 3.8) is 0 Å². The molecule has 4 heteroatoms. The molecular weight excluding hydrogens is 260 g/mol. The quantitative estimate of drug-likeness (QED) is 0.805. The van der Waals surface area contributed by atoms with E-state index >= 15 is 0 Å². The highest BCUT2D eigenvalue weighted by Crippen LogP contribution is 2.22. The van der Waals surface area contributed by atoms with Gasteiger partial charge in [0.25, 0.3) is 0 Å². The molecule has 1 aliphatic heterocycles. The lowest BCUT2D eigenvalue weighted by Crippen LogP contribution is -2.07. The Morgan fingerprint density at radius 3 is 2.79 bits per heavy atom. The van der Waals surface area contributed by atoms with Crippen LogP contribution in [0.1, 0.15) is 12.2 Å². The van der Waals surface area contributed by atoms with Gasteiger partial charge in [-0.2, -0.15) is 0 Å². The summed E-state index contributed by atoms with van der Waals surface area (Å²) < 4.78 is 5.39. The molecule has 0 spiro atoms. The second-order valence-corrected chi connectivity index (χ2v) is 5.18. The zero-order valence-corrected chi connectivity index (χ0v) is 11.3. The number of hydrogen-bond acceptors (Lipinski definition) is 3. The van der Waals surface area contributed by atoms with Crippen molar-refractivity contribution in [3.8, 4) is 11.3 Å². The van der Waals surface area contributed by atoms with Crippen LogP contribution in [0.2, 0.25) is 5.15 Å². The van der Waals surface area contributed by atoms with Gasteiger partial charge in [0.2, 0.25) is 0 Å². The number of halogens is 1. The maximum absolute atomic E-state index is 6.10. The van der Waals surface area contributed by atoms with Crippen LogP contribution in [0.5, 0.6) is 0 Å². The Morgan fingerprint density at radius 2 is 2.05 bits per heavy atom. The molecule has 1 saturated heterocycles. The first-order valence-electron chi connectivity index (χ1n) is 6.48. The minimum Gasteiger partial charge on any atom is -0.381 e. The summed E-state index contributed by atoms with van der Waals surface area (Å²) in [7, 11) is 0. The minimum absolute atomic E-state index is 0.503. The van der Waals surface area contributed by atoms with Crippen LogP contribution in [-0.2, 0) is 11.2 Å². The average molecular weight is 275 g/mol. The summed E-state index contributed by atoms with van der Waals surface area (Å²) >= 11 is 6.10. The molecule has 1 fully saturated rings. The third-order valence-electron chi connectivity index (χ3n) is 3.31. The molecule has 0 amide bonds.